The van der Waals surface area contributed by atoms with Crippen LogP contribution in [0.3, 0.4) is 0 Å². The van der Waals surface area contributed by atoms with Gasteiger partial charge in [-0.1, -0.05) is 12.1 Å². The highest BCUT2D eigenvalue weighted by atomic mass is 32.2. The molecule has 2 saturated heterocycles. The number of rotatable bonds is 3. The summed E-state index contributed by atoms with van der Waals surface area (Å²) in [5, 5.41) is 0. The second-order valence-corrected chi connectivity index (χ2v) is 8.13. The van der Waals surface area contributed by atoms with E-state index in [2.05, 4.69) is 0 Å². The number of hydrogen-bond acceptors (Lipinski definition) is 4. The average Bonchev–Trinajstić information content (AvgIpc) is 2.67. The number of nitrogens with zero attached hydrogens (tertiary/aromatic N) is 3. The van der Waals surface area contributed by atoms with Crippen molar-refractivity contribution in [3.63, 3.8) is 0 Å². The van der Waals surface area contributed by atoms with E-state index in [1.807, 2.05) is 42.3 Å². The van der Waals surface area contributed by atoms with Gasteiger partial charge in [0.1, 0.15) is 6.54 Å². The zero-order chi connectivity index (χ0) is 19.6. The third-order valence-electron chi connectivity index (χ3n) is 5.47. The van der Waals surface area contributed by atoms with Crippen molar-refractivity contribution in [3.8, 4) is 0 Å². The van der Waals surface area contributed by atoms with Crippen molar-refractivity contribution in [3.05, 3.63) is 24.3 Å². The number of anilines is 1. The zero-order valence-electron chi connectivity index (χ0n) is 16.2. The number of piperazine rings is 1. The number of para-hydroxylation sites is 1. The van der Waals surface area contributed by atoms with Gasteiger partial charge in [-0.25, -0.2) is 0 Å². The van der Waals surface area contributed by atoms with Crippen molar-refractivity contribution in [2.24, 2.45) is 5.92 Å². The normalized spacial score (nSPS) is 21.5. The summed E-state index contributed by atoms with van der Waals surface area (Å²) in [7, 11) is 0. The summed E-state index contributed by atoms with van der Waals surface area (Å²) in [6.45, 7) is 5.46. The predicted octanol–water partition coefficient (Wildman–Crippen LogP) is 2.23. The quantitative estimate of drug-likeness (QED) is 0.744. The summed E-state index contributed by atoms with van der Waals surface area (Å²) in [6.07, 6.45) is 3.36. The number of carbonyl (C=O) groups excluding carboxylic acids is 3. The lowest BCUT2D eigenvalue weighted by atomic mass is 9.94. The van der Waals surface area contributed by atoms with E-state index >= 15 is 0 Å². The van der Waals surface area contributed by atoms with Gasteiger partial charge in [-0.05, 0) is 38.2 Å². The number of carbonyl (C=O) groups is 3. The van der Waals surface area contributed by atoms with Crippen LogP contribution in [-0.4, -0.2) is 66.0 Å². The summed E-state index contributed by atoms with van der Waals surface area (Å²) in [6, 6.07) is 7.82. The van der Waals surface area contributed by atoms with E-state index in [4.69, 9.17) is 0 Å². The molecule has 0 aromatic heterocycles. The summed E-state index contributed by atoms with van der Waals surface area (Å²) in [4.78, 5) is 43.7. The van der Waals surface area contributed by atoms with E-state index in [-0.39, 0.29) is 36.2 Å². The zero-order valence-corrected chi connectivity index (χ0v) is 17.0. The Hall–Kier alpha value is -2.02. The Morgan fingerprint density at radius 1 is 1.11 bits per heavy atom. The number of thioether (sulfide) groups is 1. The Morgan fingerprint density at radius 3 is 2.37 bits per heavy atom. The maximum Gasteiger partial charge on any atom is 0.246 e. The standard InChI is InChI=1S/C20H27N3O3S/c1-14-12-22(20(26)16-8-10-21(11-9-16)15(2)24)13-19(25)23(14)17-6-4-5-7-18(17)27-3/h4-7,14,16H,8-13H2,1-3H3. The molecule has 1 atom stereocenters. The van der Waals surface area contributed by atoms with Crippen molar-refractivity contribution in [2.45, 2.75) is 37.6 Å². The van der Waals surface area contributed by atoms with Crippen LogP contribution in [0, 0.1) is 5.92 Å². The maximum atomic E-state index is 12.9. The molecule has 0 aliphatic carbocycles. The first kappa shape index (κ1) is 19.7. The summed E-state index contributed by atoms with van der Waals surface area (Å²) >= 11 is 1.62. The van der Waals surface area contributed by atoms with Crippen LogP contribution < -0.4 is 4.90 Å². The van der Waals surface area contributed by atoms with Crippen LogP contribution in [-0.2, 0) is 14.4 Å². The van der Waals surface area contributed by atoms with Crippen LogP contribution in [0.5, 0.6) is 0 Å². The molecular weight excluding hydrogens is 362 g/mol. The third kappa shape index (κ3) is 4.13. The molecule has 1 unspecified atom stereocenters. The van der Waals surface area contributed by atoms with Crippen LogP contribution in [0.4, 0.5) is 5.69 Å². The van der Waals surface area contributed by atoms with Crippen molar-refractivity contribution < 1.29 is 14.4 Å². The van der Waals surface area contributed by atoms with Crippen molar-refractivity contribution >= 4 is 35.2 Å². The van der Waals surface area contributed by atoms with E-state index in [1.165, 1.54) is 0 Å². The van der Waals surface area contributed by atoms with Crippen LogP contribution >= 0.6 is 11.8 Å². The first-order valence-corrected chi connectivity index (χ1v) is 10.6. The van der Waals surface area contributed by atoms with Gasteiger partial charge < -0.3 is 14.7 Å². The number of piperidine rings is 1. The van der Waals surface area contributed by atoms with Gasteiger partial charge in [-0.15, -0.1) is 11.8 Å². The second kappa shape index (κ2) is 8.33. The van der Waals surface area contributed by atoms with Gasteiger partial charge in [-0.2, -0.15) is 0 Å². The molecule has 2 aliphatic rings. The molecule has 2 heterocycles. The topological polar surface area (TPSA) is 60.9 Å². The van der Waals surface area contributed by atoms with E-state index in [0.717, 1.165) is 10.6 Å². The van der Waals surface area contributed by atoms with E-state index in [9.17, 15) is 14.4 Å². The minimum atomic E-state index is -0.0920. The molecule has 3 amide bonds. The summed E-state index contributed by atoms with van der Waals surface area (Å²) in [5.41, 5.74) is 0.921. The Balaban J connectivity index is 1.67. The summed E-state index contributed by atoms with van der Waals surface area (Å²) < 4.78 is 0. The first-order chi connectivity index (χ1) is 12.9. The van der Waals surface area contributed by atoms with Crippen molar-refractivity contribution in [1.29, 1.82) is 0 Å². The molecule has 27 heavy (non-hydrogen) atoms. The number of benzene rings is 1. The minimum Gasteiger partial charge on any atom is -0.343 e. The molecule has 0 bridgehead atoms. The highest BCUT2D eigenvalue weighted by molar-refractivity contribution is 7.98. The molecule has 1 aromatic rings. The SMILES string of the molecule is CSc1ccccc1N1C(=O)CN(C(=O)C2CCN(C(C)=O)CC2)CC1C. The molecule has 2 aliphatic heterocycles. The number of hydrogen-bond donors (Lipinski definition) is 0. The monoisotopic (exact) mass is 389 g/mol. The lowest BCUT2D eigenvalue weighted by Gasteiger charge is -2.42. The maximum absolute atomic E-state index is 12.9. The van der Waals surface area contributed by atoms with Crippen LogP contribution in [0.2, 0.25) is 0 Å². The molecular formula is C20H27N3O3S. The molecule has 1 aromatic carbocycles. The van der Waals surface area contributed by atoms with Gasteiger partial charge in [-0.3, -0.25) is 14.4 Å². The predicted molar refractivity (Wildman–Crippen MR) is 107 cm³/mol. The van der Waals surface area contributed by atoms with Gasteiger partial charge in [0.25, 0.3) is 0 Å². The fourth-order valence-electron chi connectivity index (χ4n) is 4.02. The fourth-order valence-corrected chi connectivity index (χ4v) is 4.61. The number of amides is 3. The van der Waals surface area contributed by atoms with Crippen LogP contribution in [0.25, 0.3) is 0 Å². The molecule has 2 fully saturated rings. The second-order valence-electron chi connectivity index (χ2n) is 7.28. The molecule has 0 spiro atoms. The molecule has 0 radical (unpaired) electrons. The highest BCUT2D eigenvalue weighted by Crippen LogP contribution is 2.32. The number of likely N-dealkylation sites (tertiary alicyclic amines) is 1. The van der Waals surface area contributed by atoms with E-state index in [1.54, 1.807) is 28.5 Å². The average molecular weight is 390 g/mol. The molecule has 146 valence electrons. The summed E-state index contributed by atoms with van der Waals surface area (Å²) in [5.74, 6) is -0.0163. The Morgan fingerprint density at radius 2 is 1.78 bits per heavy atom. The van der Waals surface area contributed by atoms with E-state index < -0.39 is 0 Å². The van der Waals surface area contributed by atoms with Crippen molar-refractivity contribution in [1.82, 2.24) is 9.80 Å². The Kier molecular flexibility index (Phi) is 6.09. The van der Waals surface area contributed by atoms with Crippen molar-refractivity contribution in [2.75, 3.05) is 37.3 Å². The molecule has 0 saturated carbocycles. The fraction of sp³-hybridized carbons (Fsp3) is 0.550. The van der Waals surface area contributed by atoms with Crippen LogP contribution in [0.1, 0.15) is 26.7 Å². The van der Waals surface area contributed by atoms with E-state index in [0.29, 0.717) is 32.5 Å². The molecule has 7 heteroatoms. The Labute approximate surface area is 164 Å². The largest absolute Gasteiger partial charge is 0.343 e. The Bertz CT molecular complexity index is 731. The lowest BCUT2D eigenvalue weighted by Crippen LogP contribution is -2.58. The van der Waals surface area contributed by atoms with Gasteiger partial charge in [0.15, 0.2) is 0 Å². The highest BCUT2D eigenvalue weighted by Gasteiger charge is 2.37. The lowest BCUT2D eigenvalue weighted by molar-refractivity contribution is -0.143. The molecule has 0 N–H and O–H groups in total. The van der Waals surface area contributed by atoms with Gasteiger partial charge in [0.05, 0.1) is 11.7 Å². The van der Waals surface area contributed by atoms with Gasteiger partial charge in [0.2, 0.25) is 17.7 Å². The smallest absolute Gasteiger partial charge is 0.246 e. The third-order valence-corrected chi connectivity index (χ3v) is 6.25. The molecule has 6 nitrogen and oxygen atoms in total. The van der Waals surface area contributed by atoms with Crippen LogP contribution in [0.15, 0.2) is 29.2 Å². The van der Waals surface area contributed by atoms with Gasteiger partial charge >= 0.3 is 0 Å². The molecule has 3 rings (SSSR count). The van der Waals surface area contributed by atoms with Gasteiger partial charge in [0, 0.05) is 37.4 Å². The minimum absolute atomic E-state index is 0.0372. The first-order valence-electron chi connectivity index (χ1n) is 9.41.